The Morgan fingerprint density at radius 2 is 1.52 bits per heavy atom. The highest BCUT2D eigenvalue weighted by Gasteiger charge is 2.48. The first-order valence-electron chi connectivity index (χ1n) is 29.3. The van der Waals surface area contributed by atoms with Crippen LogP contribution in [0.3, 0.4) is 0 Å². The zero-order valence-corrected chi connectivity index (χ0v) is 51.2. The van der Waals surface area contributed by atoms with Gasteiger partial charge in [0.25, 0.3) is 0 Å². The van der Waals surface area contributed by atoms with E-state index in [2.05, 4.69) is 26.6 Å². The number of Topliss-reactive ketones (excluding diaryl/α,β-unsaturated/α-hetero) is 2. The Labute approximate surface area is 502 Å². The maximum absolute atomic E-state index is 14.2. The molecular weight excluding hydrogens is 1120 g/mol. The number of hydrogen-bond acceptors (Lipinski definition) is 17. The van der Waals surface area contributed by atoms with Gasteiger partial charge in [0.1, 0.15) is 48.4 Å². The third kappa shape index (κ3) is 21.1. The van der Waals surface area contributed by atoms with Crippen LogP contribution in [-0.2, 0) is 79.7 Å². The summed E-state index contributed by atoms with van der Waals surface area (Å²) in [7, 11) is 2.74. The summed E-state index contributed by atoms with van der Waals surface area (Å²) < 4.78 is 28.9. The number of nitrogens with one attached hydrogen (secondary N) is 5. The number of aryl methyl sites for hydroxylation is 2. The highest BCUT2D eigenvalue weighted by atomic mass is 35.5. The van der Waals surface area contributed by atoms with Crippen molar-refractivity contribution in [3.05, 3.63) is 81.9 Å². The van der Waals surface area contributed by atoms with Gasteiger partial charge < -0.3 is 65.6 Å². The molecule has 22 nitrogen and oxygen atoms in total. The number of carbonyl (C=O) groups excluding carboxylic acids is 9. The molecule has 0 unspecified atom stereocenters. The number of methoxy groups -OCH3 is 1. The van der Waals surface area contributed by atoms with Crippen LogP contribution in [-0.4, -0.2) is 157 Å². The number of rotatable bonds is 26. The standard InChI is InChI=1S/C62H88ClN5O17/c1-33(2)27-46-59(79)82-45(13-11-15-50(73)67-42(29-38-18-17-35(5)41(63)28-38)58(78)66-32-62(7,8)61(80)84-46)36(6)56-57(85-56)39-22-19-37(20-23-39)21-25-43(69)40(30-44(70)52(34(3)4)68-51(74)16-12-14-48(71)64-9)24-26-49(72)65-31-47-53(75)54(76)55(77)60(81-10)83-47/h11,15,17-20,22-23,28,33-34,36,40,42,45-47,52-57,60,75-77H,12-14,16,21,24-27,29-32H2,1-10H3,(H,64,71)(H,65,72)(H,66,78)(H,67,73)(H,68,74)/b15-11+/t36-,40+,42+,45-,46-,47+,52-,53+,54-,55+,56+,57+,60+/m0/s1. The Morgan fingerprint density at radius 3 is 2.16 bits per heavy atom. The van der Waals surface area contributed by atoms with E-state index in [1.165, 1.54) is 20.2 Å². The molecule has 8 N–H and O–H groups in total. The lowest BCUT2D eigenvalue weighted by Crippen LogP contribution is -2.60. The summed E-state index contributed by atoms with van der Waals surface area (Å²) >= 11 is 6.40. The van der Waals surface area contributed by atoms with Crippen molar-refractivity contribution in [1.82, 2.24) is 26.6 Å². The number of carbonyl (C=O) groups is 9. The van der Waals surface area contributed by atoms with Gasteiger partial charge in [-0.2, -0.15) is 0 Å². The summed E-state index contributed by atoms with van der Waals surface area (Å²) in [6.45, 7) is 13.7. The van der Waals surface area contributed by atoms with Crippen LogP contribution in [0.4, 0.5) is 0 Å². The molecule has 0 radical (unpaired) electrons. The van der Waals surface area contributed by atoms with E-state index < -0.39 is 126 Å². The van der Waals surface area contributed by atoms with Crippen molar-refractivity contribution in [2.75, 3.05) is 27.2 Å². The van der Waals surface area contributed by atoms with Crippen molar-refractivity contribution in [2.45, 2.75) is 193 Å². The van der Waals surface area contributed by atoms with Crippen LogP contribution < -0.4 is 26.6 Å². The first-order chi connectivity index (χ1) is 40.1. The zero-order chi connectivity index (χ0) is 62.9. The molecule has 0 spiro atoms. The minimum Gasteiger partial charge on any atom is -0.459 e. The molecule has 2 aromatic rings. The molecule has 2 saturated heterocycles. The van der Waals surface area contributed by atoms with E-state index in [0.29, 0.717) is 10.6 Å². The molecule has 13 atom stereocenters. The number of aliphatic hydroxyl groups excluding tert-OH is 3. The summed E-state index contributed by atoms with van der Waals surface area (Å²) in [4.78, 5) is 121. The maximum atomic E-state index is 14.2. The quantitative estimate of drug-likeness (QED) is 0.0489. The highest BCUT2D eigenvalue weighted by Crippen LogP contribution is 2.45. The summed E-state index contributed by atoms with van der Waals surface area (Å²) in [6.07, 6.45) is -6.77. The van der Waals surface area contributed by atoms with Gasteiger partial charge in [0.2, 0.25) is 29.5 Å². The van der Waals surface area contributed by atoms with E-state index in [-0.39, 0.29) is 107 Å². The number of ketones is 2. The number of ether oxygens (including phenoxy) is 5. The molecule has 85 heavy (non-hydrogen) atoms. The van der Waals surface area contributed by atoms with Gasteiger partial charge >= 0.3 is 11.9 Å². The Kier molecular flexibility index (Phi) is 26.7. The van der Waals surface area contributed by atoms with Crippen LogP contribution in [0.25, 0.3) is 0 Å². The molecule has 5 amide bonds. The Balaban J connectivity index is 1.28. The second kappa shape index (κ2) is 32.6. The van der Waals surface area contributed by atoms with Crippen LogP contribution in [0.15, 0.2) is 54.6 Å². The summed E-state index contributed by atoms with van der Waals surface area (Å²) in [5.41, 5.74) is 1.85. The fourth-order valence-electron chi connectivity index (χ4n) is 10.1. The molecule has 2 aromatic carbocycles. The van der Waals surface area contributed by atoms with E-state index >= 15 is 0 Å². The second-order valence-corrected chi connectivity index (χ2v) is 24.4. The van der Waals surface area contributed by atoms with E-state index in [9.17, 15) is 58.5 Å². The number of epoxide rings is 1. The molecular formula is C62H88ClN5O17. The largest absolute Gasteiger partial charge is 0.459 e. The number of amides is 5. The number of benzene rings is 2. The van der Waals surface area contributed by atoms with Crippen molar-refractivity contribution < 1.29 is 82.2 Å². The molecule has 3 aliphatic rings. The van der Waals surface area contributed by atoms with Gasteiger partial charge in [0.15, 0.2) is 18.2 Å². The summed E-state index contributed by atoms with van der Waals surface area (Å²) in [6, 6.07) is 10.8. The Bertz CT molecular complexity index is 2680. The van der Waals surface area contributed by atoms with Crippen molar-refractivity contribution in [2.24, 2.45) is 29.1 Å². The lowest BCUT2D eigenvalue weighted by atomic mass is 9.85. The molecule has 23 heteroatoms. The average Bonchev–Trinajstić information content (AvgIpc) is 2.86. The molecule has 5 rings (SSSR count). The molecule has 470 valence electrons. The SMILES string of the molecule is CNC(=O)CCCC(=O)N[C@H](C(=O)C[C@@H](CCC(=O)NC[C@H]1O[C@@H](OC)[C@H](O)[C@@H](O)[C@@H]1O)C(=O)CCc1ccc([C@H]2O[C@@H]2[C@@H](C)[C@@H]2C/C=C/C(=O)N[C@H](Cc3ccc(C)c(Cl)c3)C(=O)NCC(C)(C)C(=O)O[C@@H](CC(C)C)C(=O)O2)cc1)C(C)C. The third-order valence-corrected chi connectivity index (χ3v) is 16.1. The maximum Gasteiger partial charge on any atom is 0.347 e. The van der Waals surface area contributed by atoms with Crippen molar-refractivity contribution in [1.29, 1.82) is 0 Å². The lowest BCUT2D eigenvalue weighted by Gasteiger charge is -2.39. The van der Waals surface area contributed by atoms with Crippen LogP contribution in [0.5, 0.6) is 0 Å². The average molecular weight is 1210 g/mol. The van der Waals surface area contributed by atoms with Gasteiger partial charge in [-0.05, 0) is 92.7 Å². The zero-order valence-electron chi connectivity index (χ0n) is 50.5. The molecule has 0 bridgehead atoms. The molecule has 3 heterocycles. The fraction of sp³-hybridized carbons (Fsp3) is 0.629. The predicted molar refractivity (Wildman–Crippen MR) is 312 cm³/mol. The van der Waals surface area contributed by atoms with Crippen molar-refractivity contribution in [3.8, 4) is 0 Å². The van der Waals surface area contributed by atoms with Crippen molar-refractivity contribution in [3.63, 3.8) is 0 Å². The normalized spacial score (nSPS) is 26.2. The monoisotopic (exact) mass is 1210 g/mol. The Morgan fingerprint density at radius 1 is 0.835 bits per heavy atom. The van der Waals surface area contributed by atoms with Gasteiger partial charge in [-0.25, -0.2) is 4.79 Å². The topological polar surface area (TPSA) is 324 Å². The van der Waals surface area contributed by atoms with E-state index in [0.717, 1.165) is 16.7 Å². The van der Waals surface area contributed by atoms with Gasteiger partial charge in [-0.3, -0.25) is 38.4 Å². The number of halogens is 1. The summed E-state index contributed by atoms with van der Waals surface area (Å²) in [5.74, 6) is -6.30. The summed E-state index contributed by atoms with van der Waals surface area (Å²) in [5, 5.41) is 44.9. The minimum absolute atomic E-state index is 0.00272. The van der Waals surface area contributed by atoms with E-state index in [1.807, 2.05) is 64.1 Å². The first-order valence-corrected chi connectivity index (χ1v) is 29.7. The van der Waals surface area contributed by atoms with Crippen LogP contribution in [0, 0.1) is 36.0 Å². The second-order valence-electron chi connectivity index (χ2n) is 24.0. The van der Waals surface area contributed by atoms with Crippen LogP contribution >= 0.6 is 11.6 Å². The lowest BCUT2D eigenvalue weighted by molar-refractivity contribution is -0.288. The number of aliphatic hydroxyl groups is 3. The van der Waals surface area contributed by atoms with Gasteiger partial charge in [-0.1, -0.05) is 88.7 Å². The smallest absolute Gasteiger partial charge is 0.347 e. The number of cyclic esters (lactones) is 2. The van der Waals surface area contributed by atoms with Crippen LogP contribution in [0.1, 0.15) is 135 Å². The minimum atomic E-state index is -1.61. The molecule has 0 saturated carbocycles. The predicted octanol–water partition coefficient (Wildman–Crippen LogP) is 3.91. The van der Waals surface area contributed by atoms with E-state index in [4.69, 9.17) is 35.3 Å². The fourth-order valence-corrected chi connectivity index (χ4v) is 10.3. The first kappa shape index (κ1) is 69.6. The Hall–Kier alpha value is -6.14. The number of hydrogen-bond donors (Lipinski definition) is 8. The highest BCUT2D eigenvalue weighted by molar-refractivity contribution is 6.31. The molecule has 3 aliphatic heterocycles. The molecule has 0 aromatic heterocycles. The third-order valence-electron chi connectivity index (χ3n) is 15.7. The molecule has 0 aliphatic carbocycles. The van der Waals surface area contributed by atoms with Gasteiger partial charge in [0.05, 0.1) is 17.6 Å². The van der Waals surface area contributed by atoms with Gasteiger partial charge in [0, 0.05) is 89.1 Å². The van der Waals surface area contributed by atoms with Crippen molar-refractivity contribution >= 4 is 64.6 Å². The van der Waals surface area contributed by atoms with Gasteiger partial charge in [-0.15, -0.1) is 0 Å². The molecule has 2 fully saturated rings. The van der Waals surface area contributed by atoms with Crippen LogP contribution in [0.2, 0.25) is 5.02 Å². The van der Waals surface area contributed by atoms with E-state index in [1.54, 1.807) is 39.8 Å². The number of esters is 2.